The lowest BCUT2D eigenvalue weighted by Crippen LogP contribution is -2.10. The molecule has 0 aromatic carbocycles. The largest absolute Gasteiger partial charge is 0.293 e. The Morgan fingerprint density at radius 2 is 2.00 bits per heavy atom. The maximum Gasteiger partial charge on any atom is 0.175 e. The summed E-state index contributed by atoms with van der Waals surface area (Å²) in [6.45, 7) is 6.39. The number of hydrogen-bond acceptors (Lipinski definition) is 3. The topological polar surface area (TPSA) is 30.0 Å². The minimum atomic E-state index is 0.0787. The van der Waals surface area contributed by atoms with E-state index in [0.717, 1.165) is 22.0 Å². The second-order valence-electron chi connectivity index (χ2n) is 4.47. The fraction of sp³-hybridized carbons (Fsp3) is 0.600. The molecule has 0 aliphatic heterocycles. The van der Waals surface area contributed by atoms with Crippen LogP contribution in [0.2, 0.25) is 0 Å². The Bertz CT molecular complexity index is 359. The van der Waals surface area contributed by atoms with Crippen molar-refractivity contribution in [3.8, 4) is 0 Å². The Labute approximate surface area is 82.0 Å². The third-order valence-electron chi connectivity index (χ3n) is 2.18. The third-order valence-corrected chi connectivity index (χ3v) is 3.75. The van der Waals surface area contributed by atoms with Crippen molar-refractivity contribution in [2.75, 3.05) is 0 Å². The van der Waals surface area contributed by atoms with Crippen molar-refractivity contribution in [3.05, 3.63) is 15.6 Å². The van der Waals surface area contributed by atoms with Gasteiger partial charge in [0.15, 0.2) is 5.78 Å². The van der Waals surface area contributed by atoms with Crippen molar-refractivity contribution in [2.24, 2.45) is 0 Å². The summed E-state index contributed by atoms with van der Waals surface area (Å²) in [5, 5.41) is 1.09. The minimum absolute atomic E-state index is 0.0787. The van der Waals surface area contributed by atoms with Crippen molar-refractivity contribution in [2.45, 2.75) is 39.0 Å². The van der Waals surface area contributed by atoms with Crippen LogP contribution in [0.1, 0.15) is 47.6 Å². The molecule has 0 saturated heterocycles. The van der Waals surface area contributed by atoms with Crippen molar-refractivity contribution in [1.29, 1.82) is 0 Å². The van der Waals surface area contributed by atoms with Gasteiger partial charge in [0.05, 0.1) is 15.6 Å². The van der Waals surface area contributed by atoms with Gasteiger partial charge in [-0.3, -0.25) is 4.79 Å². The normalized spacial score (nSPS) is 16.4. The molecule has 0 saturated carbocycles. The van der Waals surface area contributed by atoms with Gasteiger partial charge >= 0.3 is 0 Å². The summed E-state index contributed by atoms with van der Waals surface area (Å²) in [5.41, 5.74) is 1.11. The van der Waals surface area contributed by atoms with Crippen molar-refractivity contribution < 1.29 is 4.79 Å². The summed E-state index contributed by atoms with van der Waals surface area (Å²) < 4.78 is 0. The summed E-state index contributed by atoms with van der Waals surface area (Å²) in [6, 6.07) is 0. The molecule has 2 rings (SSSR count). The molecule has 1 aromatic heterocycles. The fourth-order valence-electron chi connectivity index (χ4n) is 1.41. The van der Waals surface area contributed by atoms with E-state index in [1.165, 1.54) is 0 Å². The Kier molecular flexibility index (Phi) is 1.80. The fourth-order valence-corrected chi connectivity index (χ4v) is 2.54. The average Bonchev–Trinajstić information content (AvgIpc) is 2.51. The quantitative estimate of drug-likeness (QED) is 0.637. The molecule has 70 valence electrons. The number of aryl methyl sites for hydroxylation is 1. The van der Waals surface area contributed by atoms with Crippen LogP contribution in [0.25, 0.3) is 0 Å². The minimum Gasteiger partial charge on any atom is -0.293 e. The number of thiazole rings is 1. The van der Waals surface area contributed by atoms with E-state index in [-0.39, 0.29) is 11.2 Å². The van der Waals surface area contributed by atoms with Crippen LogP contribution in [0.3, 0.4) is 0 Å². The van der Waals surface area contributed by atoms with Gasteiger partial charge < -0.3 is 0 Å². The molecule has 0 spiro atoms. The van der Waals surface area contributed by atoms with Crippen LogP contribution in [0, 0.1) is 0 Å². The molecule has 13 heavy (non-hydrogen) atoms. The molecule has 0 amide bonds. The molecule has 0 fully saturated rings. The molecule has 1 heterocycles. The van der Waals surface area contributed by atoms with Gasteiger partial charge in [-0.15, -0.1) is 11.3 Å². The Morgan fingerprint density at radius 3 is 2.54 bits per heavy atom. The smallest absolute Gasteiger partial charge is 0.175 e. The zero-order chi connectivity index (χ0) is 9.64. The number of fused-ring (bicyclic) bond motifs is 1. The van der Waals surface area contributed by atoms with Gasteiger partial charge in [0, 0.05) is 11.8 Å². The lowest BCUT2D eigenvalue weighted by atomic mass is 9.98. The third kappa shape index (κ3) is 1.41. The SMILES string of the molecule is CC(C)(C)c1nc2c(s1)C(=O)CC2. The van der Waals surface area contributed by atoms with Crippen LogP contribution in [0.5, 0.6) is 0 Å². The first-order valence-corrected chi connectivity index (χ1v) is 5.33. The van der Waals surface area contributed by atoms with Crippen molar-refractivity contribution >= 4 is 17.1 Å². The zero-order valence-corrected chi connectivity index (χ0v) is 8.99. The maximum atomic E-state index is 11.4. The molecule has 0 radical (unpaired) electrons. The van der Waals surface area contributed by atoms with Gasteiger partial charge in [0.2, 0.25) is 0 Å². The first kappa shape index (κ1) is 8.88. The molecule has 1 aliphatic rings. The molecule has 3 heteroatoms. The number of Topliss-reactive ketones (excluding diaryl/α,β-unsaturated/α-hetero) is 1. The van der Waals surface area contributed by atoms with Gasteiger partial charge in [-0.2, -0.15) is 0 Å². The highest BCUT2D eigenvalue weighted by atomic mass is 32.1. The number of ketones is 1. The van der Waals surface area contributed by atoms with E-state index in [1.54, 1.807) is 11.3 Å². The first-order valence-electron chi connectivity index (χ1n) is 4.52. The van der Waals surface area contributed by atoms with E-state index in [9.17, 15) is 4.79 Å². The number of aromatic nitrogens is 1. The molecule has 0 unspecified atom stereocenters. The number of rotatable bonds is 0. The Balaban J connectivity index is 2.45. The lowest BCUT2D eigenvalue weighted by molar-refractivity contribution is 0.0998. The van der Waals surface area contributed by atoms with E-state index in [2.05, 4.69) is 25.8 Å². The van der Waals surface area contributed by atoms with Gasteiger partial charge in [-0.1, -0.05) is 20.8 Å². The second-order valence-corrected chi connectivity index (χ2v) is 5.47. The van der Waals surface area contributed by atoms with Crippen LogP contribution in [-0.2, 0) is 11.8 Å². The molecule has 2 nitrogen and oxygen atoms in total. The zero-order valence-electron chi connectivity index (χ0n) is 8.18. The molecule has 0 atom stereocenters. The van der Waals surface area contributed by atoms with Gasteiger partial charge in [0.25, 0.3) is 0 Å². The predicted molar refractivity (Wildman–Crippen MR) is 53.5 cm³/mol. The standard InChI is InChI=1S/C10H13NOS/c1-10(2,3)9-11-6-4-5-7(12)8(6)13-9/h4-5H2,1-3H3. The number of carbonyl (C=O) groups excluding carboxylic acids is 1. The molecule has 1 aliphatic carbocycles. The van der Waals surface area contributed by atoms with Crippen LogP contribution in [0.4, 0.5) is 0 Å². The van der Waals surface area contributed by atoms with Crippen molar-refractivity contribution in [1.82, 2.24) is 4.98 Å². The maximum absolute atomic E-state index is 11.4. The summed E-state index contributed by atoms with van der Waals surface area (Å²) in [5.74, 6) is 0.281. The van der Waals surface area contributed by atoms with E-state index in [1.807, 2.05) is 0 Å². The number of hydrogen-bond donors (Lipinski definition) is 0. The summed E-state index contributed by atoms with van der Waals surface area (Å²) in [6.07, 6.45) is 1.51. The van der Waals surface area contributed by atoms with E-state index < -0.39 is 0 Å². The second kappa shape index (κ2) is 2.64. The average molecular weight is 195 g/mol. The number of carbonyl (C=O) groups is 1. The first-order chi connectivity index (χ1) is 5.98. The highest BCUT2D eigenvalue weighted by Crippen LogP contribution is 2.33. The lowest BCUT2D eigenvalue weighted by Gasteiger charge is -2.13. The van der Waals surface area contributed by atoms with E-state index >= 15 is 0 Å². The van der Waals surface area contributed by atoms with E-state index in [4.69, 9.17) is 0 Å². The highest BCUT2D eigenvalue weighted by molar-refractivity contribution is 7.14. The van der Waals surface area contributed by atoms with Gasteiger partial charge in [-0.05, 0) is 6.42 Å². The van der Waals surface area contributed by atoms with Crippen LogP contribution >= 0.6 is 11.3 Å². The van der Waals surface area contributed by atoms with Crippen LogP contribution < -0.4 is 0 Å². The summed E-state index contributed by atoms with van der Waals surface area (Å²) >= 11 is 1.58. The van der Waals surface area contributed by atoms with E-state index in [0.29, 0.717) is 6.42 Å². The molecule has 0 bridgehead atoms. The Morgan fingerprint density at radius 1 is 1.31 bits per heavy atom. The molecular formula is C10H13NOS. The van der Waals surface area contributed by atoms with Crippen molar-refractivity contribution in [3.63, 3.8) is 0 Å². The van der Waals surface area contributed by atoms with Gasteiger partial charge in [-0.25, -0.2) is 4.98 Å². The molecule has 1 aromatic rings. The number of nitrogens with zero attached hydrogens (tertiary/aromatic N) is 1. The van der Waals surface area contributed by atoms with Crippen LogP contribution in [0.15, 0.2) is 0 Å². The predicted octanol–water partition coefficient (Wildman–Crippen LogP) is 2.57. The summed E-state index contributed by atoms with van der Waals surface area (Å²) in [4.78, 5) is 16.8. The monoisotopic (exact) mass is 195 g/mol. The molecular weight excluding hydrogens is 182 g/mol. The summed E-state index contributed by atoms with van der Waals surface area (Å²) in [7, 11) is 0. The van der Waals surface area contributed by atoms with Gasteiger partial charge in [0.1, 0.15) is 0 Å². The molecule has 0 N–H and O–H groups in total. The highest BCUT2D eigenvalue weighted by Gasteiger charge is 2.28. The van der Waals surface area contributed by atoms with Crippen LogP contribution in [-0.4, -0.2) is 10.8 Å². The Hall–Kier alpha value is -0.700.